The topological polar surface area (TPSA) is 67.9 Å². The Morgan fingerprint density at radius 3 is 2.43 bits per heavy atom. The third-order valence-corrected chi connectivity index (χ3v) is 4.96. The van der Waals surface area contributed by atoms with Gasteiger partial charge in [-0.2, -0.15) is 0 Å². The Morgan fingerprint density at radius 1 is 1.07 bits per heavy atom. The van der Waals surface area contributed by atoms with Gasteiger partial charge in [0.2, 0.25) is 11.8 Å². The molecule has 0 saturated carbocycles. The number of hydrogen-bond donors (Lipinski definition) is 1. The summed E-state index contributed by atoms with van der Waals surface area (Å²) in [6.07, 6.45) is 1.25. The first-order valence-corrected chi connectivity index (χ1v) is 9.46. The Hall–Kier alpha value is -3.02. The molecule has 28 heavy (non-hydrogen) atoms. The number of likely N-dealkylation sites (tertiary alicyclic amines) is 1. The van der Waals surface area contributed by atoms with Crippen molar-refractivity contribution in [3.63, 3.8) is 0 Å². The van der Waals surface area contributed by atoms with E-state index in [9.17, 15) is 9.59 Å². The predicted octanol–water partition coefficient (Wildman–Crippen LogP) is 2.42. The molecule has 1 fully saturated rings. The van der Waals surface area contributed by atoms with Gasteiger partial charge in [-0.3, -0.25) is 9.59 Å². The summed E-state index contributed by atoms with van der Waals surface area (Å²) in [6.45, 7) is 0.411. The Bertz CT molecular complexity index is 792. The standard InChI is InChI=1S/C22H26N2O4/c1-23-22(26)20-14-19(28-18-6-4-3-5-7-18)15-24(20)21(25)13-10-16-8-11-17(27-2)12-9-16/h3-9,11-12,19-20H,10,13-15H2,1-2H3,(H,23,26). The summed E-state index contributed by atoms with van der Waals surface area (Å²) in [5, 5.41) is 2.66. The number of likely N-dealkylation sites (N-methyl/N-ethyl adjacent to an activating group) is 1. The first-order chi connectivity index (χ1) is 13.6. The van der Waals surface area contributed by atoms with Gasteiger partial charge in [-0.05, 0) is 36.2 Å². The number of carbonyl (C=O) groups excluding carboxylic acids is 2. The molecule has 2 unspecified atom stereocenters. The molecule has 0 aliphatic carbocycles. The fourth-order valence-corrected chi connectivity index (χ4v) is 3.45. The van der Waals surface area contributed by atoms with Crippen LogP contribution < -0.4 is 14.8 Å². The molecule has 2 aromatic carbocycles. The SMILES string of the molecule is CNC(=O)C1CC(Oc2ccccc2)CN1C(=O)CCc1ccc(OC)cc1. The maximum Gasteiger partial charge on any atom is 0.242 e. The lowest BCUT2D eigenvalue weighted by atomic mass is 10.1. The van der Waals surface area contributed by atoms with Crippen molar-refractivity contribution in [2.75, 3.05) is 20.7 Å². The molecule has 1 saturated heterocycles. The lowest BCUT2D eigenvalue weighted by Crippen LogP contribution is -2.45. The number of ether oxygens (including phenoxy) is 2. The predicted molar refractivity (Wildman–Crippen MR) is 106 cm³/mol. The molecule has 148 valence electrons. The number of amides is 2. The van der Waals surface area contributed by atoms with Crippen LogP contribution in [-0.2, 0) is 16.0 Å². The molecule has 2 amide bonds. The van der Waals surface area contributed by atoms with Crippen molar-refractivity contribution in [1.82, 2.24) is 10.2 Å². The minimum atomic E-state index is -0.498. The number of benzene rings is 2. The highest BCUT2D eigenvalue weighted by Gasteiger charge is 2.40. The smallest absolute Gasteiger partial charge is 0.242 e. The van der Waals surface area contributed by atoms with Crippen molar-refractivity contribution < 1.29 is 19.1 Å². The zero-order chi connectivity index (χ0) is 19.9. The molecule has 0 aromatic heterocycles. The number of rotatable bonds is 7. The van der Waals surface area contributed by atoms with Crippen LogP contribution in [0.15, 0.2) is 54.6 Å². The van der Waals surface area contributed by atoms with Crippen LogP contribution in [0.3, 0.4) is 0 Å². The Labute approximate surface area is 165 Å². The van der Waals surface area contributed by atoms with E-state index in [-0.39, 0.29) is 17.9 Å². The second kappa shape index (κ2) is 9.26. The normalized spacial score (nSPS) is 18.6. The van der Waals surface area contributed by atoms with E-state index in [1.807, 2.05) is 54.6 Å². The summed E-state index contributed by atoms with van der Waals surface area (Å²) >= 11 is 0. The number of para-hydroxylation sites is 1. The lowest BCUT2D eigenvalue weighted by molar-refractivity contribution is -0.138. The second-order valence-corrected chi connectivity index (χ2v) is 6.81. The first kappa shape index (κ1) is 19.7. The molecule has 6 heteroatoms. The van der Waals surface area contributed by atoms with Gasteiger partial charge in [-0.15, -0.1) is 0 Å². The maximum atomic E-state index is 12.8. The highest BCUT2D eigenvalue weighted by Crippen LogP contribution is 2.24. The average molecular weight is 382 g/mol. The maximum absolute atomic E-state index is 12.8. The highest BCUT2D eigenvalue weighted by atomic mass is 16.5. The minimum Gasteiger partial charge on any atom is -0.497 e. The van der Waals surface area contributed by atoms with E-state index < -0.39 is 6.04 Å². The molecule has 0 bridgehead atoms. The molecule has 1 aliphatic rings. The quantitative estimate of drug-likeness (QED) is 0.799. The molecular formula is C22H26N2O4. The van der Waals surface area contributed by atoms with Crippen molar-refractivity contribution in [2.45, 2.75) is 31.4 Å². The van der Waals surface area contributed by atoms with Gasteiger partial charge in [0.25, 0.3) is 0 Å². The van der Waals surface area contributed by atoms with Gasteiger partial charge in [0.1, 0.15) is 23.6 Å². The highest BCUT2D eigenvalue weighted by molar-refractivity contribution is 5.88. The third-order valence-electron chi connectivity index (χ3n) is 4.96. The number of nitrogens with one attached hydrogen (secondary N) is 1. The van der Waals surface area contributed by atoms with E-state index in [2.05, 4.69) is 5.32 Å². The van der Waals surface area contributed by atoms with E-state index in [1.165, 1.54) is 0 Å². The van der Waals surface area contributed by atoms with Crippen LogP contribution in [0, 0.1) is 0 Å². The summed E-state index contributed by atoms with van der Waals surface area (Å²) in [5.74, 6) is 1.34. The molecule has 1 heterocycles. The Balaban J connectivity index is 1.62. The number of aryl methyl sites for hydroxylation is 1. The number of methoxy groups -OCH3 is 1. The molecule has 3 rings (SSSR count). The van der Waals surface area contributed by atoms with E-state index in [0.717, 1.165) is 17.1 Å². The molecule has 2 atom stereocenters. The van der Waals surface area contributed by atoms with Gasteiger partial charge in [0.15, 0.2) is 0 Å². The fourth-order valence-electron chi connectivity index (χ4n) is 3.45. The Kier molecular flexibility index (Phi) is 6.53. The molecule has 1 N–H and O–H groups in total. The van der Waals surface area contributed by atoms with Crippen molar-refractivity contribution >= 4 is 11.8 Å². The minimum absolute atomic E-state index is 0.0384. The van der Waals surface area contributed by atoms with Crippen LogP contribution in [0.1, 0.15) is 18.4 Å². The number of hydrogen-bond acceptors (Lipinski definition) is 4. The molecular weight excluding hydrogens is 356 g/mol. The van der Waals surface area contributed by atoms with Crippen molar-refractivity contribution in [2.24, 2.45) is 0 Å². The summed E-state index contributed by atoms with van der Waals surface area (Å²) in [7, 11) is 3.21. The average Bonchev–Trinajstić information content (AvgIpc) is 3.16. The van der Waals surface area contributed by atoms with Gasteiger partial charge in [0, 0.05) is 19.9 Å². The van der Waals surface area contributed by atoms with Crippen molar-refractivity contribution in [3.05, 3.63) is 60.2 Å². The second-order valence-electron chi connectivity index (χ2n) is 6.81. The zero-order valence-corrected chi connectivity index (χ0v) is 16.3. The van der Waals surface area contributed by atoms with E-state index in [0.29, 0.717) is 25.8 Å². The molecule has 6 nitrogen and oxygen atoms in total. The summed E-state index contributed by atoms with van der Waals surface area (Å²) in [6, 6.07) is 16.6. The van der Waals surface area contributed by atoms with Crippen LogP contribution in [0.2, 0.25) is 0 Å². The fraction of sp³-hybridized carbons (Fsp3) is 0.364. The van der Waals surface area contributed by atoms with Crippen molar-refractivity contribution in [1.29, 1.82) is 0 Å². The van der Waals surface area contributed by atoms with Crippen LogP contribution in [0.5, 0.6) is 11.5 Å². The summed E-state index contributed by atoms with van der Waals surface area (Å²) in [5.41, 5.74) is 1.06. The van der Waals surface area contributed by atoms with Gasteiger partial charge in [-0.1, -0.05) is 30.3 Å². The number of nitrogens with zero attached hydrogens (tertiary/aromatic N) is 1. The van der Waals surface area contributed by atoms with Crippen LogP contribution in [0.25, 0.3) is 0 Å². The largest absolute Gasteiger partial charge is 0.497 e. The van der Waals surface area contributed by atoms with Crippen molar-refractivity contribution in [3.8, 4) is 11.5 Å². The number of carbonyl (C=O) groups is 2. The van der Waals surface area contributed by atoms with E-state index in [1.54, 1.807) is 19.1 Å². The summed E-state index contributed by atoms with van der Waals surface area (Å²) < 4.78 is 11.1. The van der Waals surface area contributed by atoms with E-state index >= 15 is 0 Å². The summed E-state index contributed by atoms with van der Waals surface area (Å²) in [4.78, 5) is 26.8. The third kappa shape index (κ3) is 4.82. The molecule has 0 radical (unpaired) electrons. The lowest BCUT2D eigenvalue weighted by Gasteiger charge is -2.23. The molecule has 2 aromatic rings. The van der Waals surface area contributed by atoms with Crippen LogP contribution >= 0.6 is 0 Å². The molecule has 0 spiro atoms. The Morgan fingerprint density at radius 2 is 1.79 bits per heavy atom. The van der Waals surface area contributed by atoms with E-state index in [4.69, 9.17) is 9.47 Å². The van der Waals surface area contributed by atoms with Crippen LogP contribution in [-0.4, -0.2) is 49.6 Å². The first-order valence-electron chi connectivity index (χ1n) is 9.46. The van der Waals surface area contributed by atoms with Gasteiger partial charge in [0.05, 0.1) is 13.7 Å². The van der Waals surface area contributed by atoms with Gasteiger partial charge >= 0.3 is 0 Å². The monoisotopic (exact) mass is 382 g/mol. The zero-order valence-electron chi connectivity index (χ0n) is 16.3. The van der Waals surface area contributed by atoms with Gasteiger partial charge < -0.3 is 19.7 Å². The van der Waals surface area contributed by atoms with Gasteiger partial charge in [-0.25, -0.2) is 0 Å². The molecule has 1 aliphatic heterocycles. The van der Waals surface area contributed by atoms with Crippen LogP contribution in [0.4, 0.5) is 0 Å².